The monoisotopic (exact) mass is 278 g/mol. The number of esters is 1. The summed E-state index contributed by atoms with van der Waals surface area (Å²) < 4.78 is 20.5. The molecular weight excluding hydrogens is 260 g/mol. The zero-order valence-electron chi connectivity index (χ0n) is 10.6. The molecule has 2 rings (SSSR count). The third kappa shape index (κ3) is 2.73. The number of hydrogen-bond donors (Lipinski definition) is 3. The number of ether oxygens (including phenoxy) is 4. The predicted octanol–water partition coefficient (Wildman–Crippen LogP) is -2.23. The second kappa shape index (κ2) is 5.70. The Balaban J connectivity index is 2.03. The average Bonchev–Trinajstić information content (AvgIpc) is 2.68. The van der Waals surface area contributed by atoms with E-state index in [0.717, 1.165) is 0 Å². The third-order valence-corrected chi connectivity index (χ3v) is 3.35. The number of hydrogen-bond acceptors (Lipinski definition) is 8. The molecule has 110 valence electrons. The lowest BCUT2D eigenvalue weighted by Gasteiger charge is -2.41. The lowest BCUT2D eigenvalue weighted by atomic mass is 10.00. The van der Waals surface area contributed by atoms with Gasteiger partial charge >= 0.3 is 5.97 Å². The van der Waals surface area contributed by atoms with Gasteiger partial charge in [-0.25, -0.2) is 4.79 Å². The quantitative estimate of drug-likeness (QED) is 0.497. The number of carbonyl (C=O) groups is 1. The number of cyclic esters (lactones) is 1. The lowest BCUT2D eigenvalue weighted by Crippen LogP contribution is -2.59. The van der Waals surface area contributed by atoms with Crippen LogP contribution in [0.3, 0.4) is 0 Å². The molecule has 7 atom stereocenters. The second-order valence-electron chi connectivity index (χ2n) is 4.64. The highest BCUT2D eigenvalue weighted by atomic mass is 16.7. The maximum absolute atomic E-state index is 11.0. The minimum absolute atomic E-state index is 0.0939. The first-order valence-corrected chi connectivity index (χ1v) is 6.00. The van der Waals surface area contributed by atoms with E-state index < -0.39 is 48.9 Å². The lowest BCUT2D eigenvalue weighted by molar-refractivity contribution is -0.311. The molecule has 19 heavy (non-hydrogen) atoms. The van der Waals surface area contributed by atoms with Crippen LogP contribution in [-0.2, 0) is 23.7 Å². The summed E-state index contributed by atoms with van der Waals surface area (Å²) in [6.07, 6.45) is -7.15. The van der Waals surface area contributed by atoms with E-state index in [0.29, 0.717) is 0 Å². The van der Waals surface area contributed by atoms with E-state index in [1.54, 1.807) is 6.92 Å². The zero-order valence-corrected chi connectivity index (χ0v) is 10.6. The van der Waals surface area contributed by atoms with E-state index >= 15 is 0 Å². The number of rotatable bonds is 3. The molecule has 0 aromatic rings. The Morgan fingerprint density at radius 3 is 2.47 bits per heavy atom. The third-order valence-electron chi connectivity index (χ3n) is 3.35. The fourth-order valence-corrected chi connectivity index (χ4v) is 2.14. The van der Waals surface area contributed by atoms with Gasteiger partial charge in [-0.1, -0.05) is 0 Å². The van der Waals surface area contributed by atoms with Crippen LogP contribution in [0, 0.1) is 0 Å². The molecule has 2 fully saturated rings. The van der Waals surface area contributed by atoms with Crippen molar-refractivity contribution >= 4 is 5.97 Å². The predicted molar refractivity (Wildman–Crippen MR) is 59.0 cm³/mol. The summed E-state index contributed by atoms with van der Waals surface area (Å²) in [6.45, 7) is 1.48. The van der Waals surface area contributed by atoms with Gasteiger partial charge in [0.2, 0.25) is 0 Å². The topological polar surface area (TPSA) is 115 Å². The van der Waals surface area contributed by atoms with Crippen molar-refractivity contribution < 1.29 is 39.1 Å². The van der Waals surface area contributed by atoms with Gasteiger partial charge < -0.3 is 34.3 Å². The van der Waals surface area contributed by atoms with Crippen LogP contribution in [0.1, 0.15) is 6.92 Å². The normalized spacial score (nSPS) is 47.2. The largest absolute Gasteiger partial charge is 0.461 e. The summed E-state index contributed by atoms with van der Waals surface area (Å²) in [4.78, 5) is 11.0. The molecule has 0 saturated carbocycles. The van der Waals surface area contributed by atoms with Crippen LogP contribution in [0.5, 0.6) is 0 Å². The number of aliphatic hydroxyl groups is 3. The second-order valence-corrected chi connectivity index (χ2v) is 4.64. The van der Waals surface area contributed by atoms with Crippen molar-refractivity contribution in [1.82, 2.24) is 0 Å². The Labute approximate surface area is 109 Å². The van der Waals surface area contributed by atoms with Crippen LogP contribution in [0.2, 0.25) is 0 Å². The van der Waals surface area contributed by atoms with Gasteiger partial charge in [0, 0.05) is 7.11 Å². The standard InChI is InChI=1S/C11H18O8/c1-4-6(12)8(14)9(16-2)11(18-4)19-5-3-17-10(15)7(5)13/h4-9,11-14H,3H2,1-2H3/t4-,5-,6-,7-,8+,9+,11?/m1/s1. The average molecular weight is 278 g/mol. The van der Waals surface area contributed by atoms with Crippen LogP contribution >= 0.6 is 0 Å². The summed E-state index contributed by atoms with van der Waals surface area (Å²) in [5.74, 6) is -0.761. The maximum Gasteiger partial charge on any atom is 0.337 e. The molecular formula is C11H18O8. The molecule has 0 radical (unpaired) electrons. The Kier molecular flexibility index (Phi) is 4.39. The SMILES string of the molecule is CO[C@@H]1C(O[C@@H]2COC(=O)[C@@H]2O)O[C@H](C)[C@@H](O)[C@@H]1O. The van der Waals surface area contributed by atoms with Crippen LogP contribution in [0.15, 0.2) is 0 Å². The molecule has 0 spiro atoms. The highest BCUT2D eigenvalue weighted by Gasteiger charge is 2.47. The molecule has 0 bridgehead atoms. The molecule has 0 aliphatic carbocycles. The first kappa shape index (κ1) is 14.6. The number of aliphatic hydroxyl groups excluding tert-OH is 3. The van der Waals surface area contributed by atoms with E-state index in [1.807, 2.05) is 0 Å². The smallest absolute Gasteiger partial charge is 0.337 e. The Morgan fingerprint density at radius 2 is 1.95 bits per heavy atom. The first-order chi connectivity index (χ1) is 8.95. The van der Waals surface area contributed by atoms with Gasteiger partial charge in [-0.2, -0.15) is 0 Å². The molecule has 8 heteroatoms. The highest BCUT2D eigenvalue weighted by Crippen LogP contribution is 2.26. The zero-order chi connectivity index (χ0) is 14.2. The van der Waals surface area contributed by atoms with E-state index in [2.05, 4.69) is 4.74 Å². The van der Waals surface area contributed by atoms with Crippen LogP contribution in [0.4, 0.5) is 0 Å². The van der Waals surface area contributed by atoms with E-state index in [9.17, 15) is 20.1 Å². The van der Waals surface area contributed by atoms with Crippen LogP contribution < -0.4 is 0 Å². The Bertz CT molecular complexity index is 335. The molecule has 2 saturated heterocycles. The fourth-order valence-electron chi connectivity index (χ4n) is 2.14. The molecule has 2 aliphatic rings. The Morgan fingerprint density at radius 1 is 1.26 bits per heavy atom. The van der Waals surface area contributed by atoms with E-state index in [-0.39, 0.29) is 6.61 Å². The number of carbonyl (C=O) groups excluding carboxylic acids is 1. The molecule has 0 aromatic heterocycles. The van der Waals surface area contributed by atoms with Gasteiger partial charge in [0.1, 0.15) is 31.0 Å². The van der Waals surface area contributed by atoms with Gasteiger partial charge in [0.25, 0.3) is 0 Å². The van der Waals surface area contributed by atoms with Crippen LogP contribution in [0.25, 0.3) is 0 Å². The van der Waals surface area contributed by atoms with Gasteiger partial charge in [-0.3, -0.25) is 0 Å². The van der Waals surface area contributed by atoms with Crippen molar-refractivity contribution in [2.24, 2.45) is 0 Å². The molecule has 0 amide bonds. The summed E-state index contributed by atoms with van der Waals surface area (Å²) in [7, 11) is 1.34. The molecule has 2 aliphatic heterocycles. The minimum atomic E-state index is -1.39. The highest BCUT2D eigenvalue weighted by molar-refractivity contribution is 5.77. The van der Waals surface area contributed by atoms with Crippen molar-refractivity contribution in [1.29, 1.82) is 0 Å². The first-order valence-electron chi connectivity index (χ1n) is 6.00. The van der Waals surface area contributed by atoms with Crippen LogP contribution in [-0.4, -0.2) is 77.9 Å². The van der Waals surface area contributed by atoms with E-state index in [1.165, 1.54) is 7.11 Å². The number of methoxy groups -OCH3 is 1. The summed E-state index contributed by atoms with van der Waals surface area (Å²) in [6, 6.07) is 0. The molecule has 0 aromatic carbocycles. The van der Waals surface area contributed by atoms with Crippen molar-refractivity contribution in [3.63, 3.8) is 0 Å². The molecule has 1 unspecified atom stereocenters. The molecule has 2 heterocycles. The summed E-state index contributed by atoms with van der Waals surface area (Å²) >= 11 is 0. The van der Waals surface area contributed by atoms with Gasteiger partial charge in [-0.05, 0) is 6.92 Å². The minimum Gasteiger partial charge on any atom is -0.461 e. The Hall–Kier alpha value is -0.770. The summed E-state index contributed by atoms with van der Waals surface area (Å²) in [5.41, 5.74) is 0. The van der Waals surface area contributed by atoms with Crippen molar-refractivity contribution in [2.45, 2.75) is 49.8 Å². The van der Waals surface area contributed by atoms with E-state index in [4.69, 9.17) is 14.2 Å². The summed E-state index contributed by atoms with van der Waals surface area (Å²) in [5, 5.41) is 29.1. The van der Waals surface area contributed by atoms with Crippen molar-refractivity contribution in [3.8, 4) is 0 Å². The molecule has 8 nitrogen and oxygen atoms in total. The maximum atomic E-state index is 11.0. The van der Waals surface area contributed by atoms with Gasteiger partial charge in [0.15, 0.2) is 12.4 Å². The van der Waals surface area contributed by atoms with Gasteiger partial charge in [0.05, 0.1) is 6.10 Å². The van der Waals surface area contributed by atoms with Crippen molar-refractivity contribution in [3.05, 3.63) is 0 Å². The molecule has 3 N–H and O–H groups in total. The van der Waals surface area contributed by atoms with Gasteiger partial charge in [-0.15, -0.1) is 0 Å². The van der Waals surface area contributed by atoms with Crippen molar-refractivity contribution in [2.75, 3.05) is 13.7 Å². The fraction of sp³-hybridized carbons (Fsp3) is 0.909.